The van der Waals surface area contributed by atoms with Crippen molar-refractivity contribution in [3.63, 3.8) is 0 Å². The van der Waals surface area contributed by atoms with Gasteiger partial charge in [-0.05, 0) is 0 Å². The number of nitrogens with zero attached hydrogens (tertiary/aromatic N) is 10. The van der Waals surface area contributed by atoms with Crippen molar-refractivity contribution < 1.29 is 9.15 Å². The molecule has 0 aliphatic rings. The van der Waals surface area contributed by atoms with Crippen molar-refractivity contribution in [1.29, 1.82) is 0 Å². The Kier molecular flexibility index (Phi) is 14.8. The fraction of sp³-hybridized carbons (Fsp3) is 0.800. The third-order valence-electron chi connectivity index (χ3n) is 1.89. The second-order valence-electron chi connectivity index (χ2n) is 4.40. The first-order valence-corrected chi connectivity index (χ1v) is 5.52. The highest BCUT2D eigenvalue weighted by atomic mass is 15.3. The molecule has 0 bridgehead atoms. The fourth-order valence-corrected chi connectivity index (χ4v) is 1.60. The summed E-state index contributed by atoms with van der Waals surface area (Å²) in [7, 11) is 16.5. The van der Waals surface area contributed by atoms with Crippen LogP contribution < -0.4 is 0 Å². The number of hydrogen-bond acceptors (Lipinski definition) is 0. The van der Waals surface area contributed by atoms with Crippen LogP contribution in [0.2, 0.25) is 0 Å². The molecule has 0 heterocycles. The van der Waals surface area contributed by atoms with Gasteiger partial charge in [-0.1, -0.05) is 0 Å². The molecule has 0 saturated heterocycles. The Balaban J connectivity index is -0.000000408. The molecule has 0 atom stereocenters. The third-order valence-corrected chi connectivity index (χ3v) is 1.89. The van der Waals surface area contributed by atoms with Crippen LogP contribution in [0.25, 0.3) is 31.9 Å². The van der Waals surface area contributed by atoms with Crippen LogP contribution in [-0.2, 0) is 0 Å². The second-order valence-corrected chi connectivity index (χ2v) is 4.40. The summed E-state index contributed by atoms with van der Waals surface area (Å²) in [5, 5.41) is 0. The van der Waals surface area contributed by atoms with E-state index in [0.717, 1.165) is 0 Å². The predicted molar refractivity (Wildman–Crippen MR) is 81.8 cm³/mol. The van der Waals surface area contributed by atoms with Gasteiger partial charge in [-0.2, -0.15) is 0 Å². The van der Waals surface area contributed by atoms with E-state index in [9.17, 15) is 0 Å². The molecule has 0 aromatic carbocycles. The van der Waals surface area contributed by atoms with Crippen LogP contribution in [0, 0.1) is 0 Å². The van der Waals surface area contributed by atoms with Crippen LogP contribution in [0.4, 0.5) is 0 Å². The first kappa shape index (κ1) is 22.7. The van der Waals surface area contributed by atoms with Crippen LogP contribution in [0.1, 0.15) is 0 Å². The summed E-state index contributed by atoms with van der Waals surface area (Å²) in [6.45, 7) is 0. The smallest absolute Gasteiger partial charge is 0.361 e. The highest BCUT2D eigenvalue weighted by molar-refractivity contribution is 6.35. The van der Waals surface area contributed by atoms with Gasteiger partial charge in [-0.15, -0.1) is 0 Å². The van der Waals surface area contributed by atoms with Crippen LogP contribution >= 0.6 is 0 Å². The quantitative estimate of drug-likeness (QED) is 0.165. The van der Waals surface area contributed by atoms with Crippen LogP contribution in [0.15, 0.2) is 0 Å². The zero-order valence-electron chi connectivity index (χ0n) is 13.5. The summed E-state index contributed by atoms with van der Waals surface area (Å²) in [4.78, 5) is 7.24. The van der Waals surface area contributed by atoms with Crippen molar-refractivity contribution in [2.75, 3.05) is 56.4 Å². The molecule has 0 radical (unpaired) electrons. The maximum absolute atomic E-state index is 6.75. The molecule has 0 aliphatic carbocycles. The highest BCUT2D eigenvalue weighted by Crippen LogP contribution is 1.91. The summed E-state index contributed by atoms with van der Waals surface area (Å²) in [6.07, 6.45) is 0. The molecule has 10 heteroatoms. The van der Waals surface area contributed by atoms with Gasteiger partial charge in [0.1, 0.15) is 0 Å². The molecule has 0 spiro atoms. The largest absolute Gasteiger partial charge is 0.373 e. The van der Waals surface area contributed by atoms with Crippen LogP contribution in [0.3, 0.4) is 0 Å². The van der Waals surface area contributed by atoms with Gasteiger partial charge >= 0.3 is 11.7 Å². The molecule has 0 rings (SSSR count). The van der Waals surface area contributed by atoms with E-state index >= 15 is 0 Å². The Bertz CT molecular complexity index is 358. The lowest BCUT2D eigenvalue weighted by atomic mass is 10.4. The first-order valence-electron chi connectivity index (χ1n) is 5.52. The van der Waals surface area contributed by atoms with Gasteiger partial charge in [0.05, 0.1) is 56.4 Å². The Hall–Kier alpha value is -2.44. The predicted octanol–water partition coefficient (Wildman–Crippen LogP) is 1.18. The Labute approximate surface area is 120 Å². The van der Waals surface area contributed by atoms with E-state index in [4.69, 9.17) is 22.1 Å². The minimum absolute atomic E-state index is 1.19. The molecule has 114 valence electrons. The van der Waals surface area contributed by atoms with Gasteiger partial charge in [-0.3, -0.25) is 28.8 Å². The normalized spacial score (nSPS) is 7.40. The van der Waals surface area contributed by atoms with E-state index in [1.165, 1.54) is 21.5 Å². The molecule has 0 N–H and O–H groups in total. The van der Waals surface area contributed by atoms with Crippen LogP contribution in [-0.4, -0.2) is 87.0 Å². The summed E-state index contributed by atoms with van der Waals surface area (Å²) in [5.41, 5.74) is 27.0. The molecule has 0 amide bonds. The average Bonchev–Trinajstić information content (AvgIpc) is 2.25. The summed E-state index contributed by atoms with van der Waals surface area (Å²) < 4.78 is 4.24. The van der Waals surface area contributed by atoms with Crippen molar-refractivity contribution >= 4 is 11.7 Å². The summed E-state index contributed by atoms with van der Waals surface area (Å²) in [6, 6.07) is 0. The van der Waals surface area contributed by atoms with Gasteiger partial charge in [0.15, 0.2) is 0 Å². The van der Waals surface area contributed by atoms with Gasteiger partial charge < -0.3 is 22.1 Å². The lowest BCUT2D eigenvalue weighted by Gasteiger charge is -2.15. The monoisotopic (exact) mass is 284 g/mol. The van der Waals surface area contributed by atoms with E-state index in [1.807, 2.05) is 0 Å². The highest BCUT2D eigenvalue weighted by Gasteiger charge is 2.29. The van der Waals surface area contributed by atoms with Crippen molar-refractivity contribution in [2.45, 2.75) is 0 Å². The van der Waals surface area contributed by atoms with E-state index in [1.54, 1.807) is 0 Å². The molecule has 0 unspecified atom stereocenters. The molecular formula is C10H24N10. The lowest BCUT2D eigenvalue weighted by molar-refractivity contribution is -0.485. The molecule has 20 heavy (non-hydrogen) atoms. The van der Waals surface area contributed by atoms with E-state index < -0.39 is 0 Å². The summed E-state index contributed by atoms with van der Waals surface area (Å²) in [5.74, 6) is 2.39. The molecule has 0 fully saturated rings. The molecule has 0 aliphatic heterocycles. The fourth-order valence-electron chi connectivity index (χ4n) is 1.60. The molecule has 0 aromatic rings. The minimum atomic E-state index is 1.19. The average molecular weight is 284 g/mol. The summed E-state index contributed by atoms with van der Waals surface area (Å²) >= 11 is 0. The zero-order valence-corrected chi connectivity index (χ0v) is 13.5. The van der Waals surface area contributed by atoms with Gasteiger partial charge in [0, 0.05) is 0 Å². The van der Waals surface area contributed by atoms with Crippen LogP contribution in [0.5, 0.6) is 0 Å². The van der Waals surface area contributed by atoms with Gasteiger partial charge in [0.25, 0.3) is 0 Å². The maximum Gasteiger partial charge on any atom is 0.361 e. The van der Waals surface area contributed by atoms with Crippen molar-refractivity contribution in [3.8, 4) is 0 Å². The standard InChI is InChI=1S/C10H24N4.2N3/c1-11(2)9(12(3)4)10(13(5)6)14(7)8;2*1-3-2/h1-8H3;;/q+2;2*-1. The number of likely N-dealkylation sites (N-methyl/N-ethyl adjacent to an activating group) is 2. The van der Waals surface area contributed by atoms with Crippen molar-refractivity contribution in [3.05, 3.63) is 31.9 Å². The first-order chi connectivity index (χ1) is 9.11. The lowest BCUT2D eigenvalue weighted by Crippen LogP contribution is -2.47. The maximum atomic E-state index is 6.75. The molecule has 0 saturated carbocycles. The number of hydrogen-bond donors (Lipinski definition) is 0. The van der Waals surface area contributed by atoms with E-state index in [-0.39, 0.29) is 0 Å². The Morgan fingerprint density at radius 2 is 0.800 bits per heavy atom. The second kappa shape index (κ2) is 13.0. The van der Waals surface area contributed by atoms with Crippen molar-refractivity contribution in [2.24, 2.45) is 0 Å². The van der Waals surface area contributed by atoms with Gasteiger partial charge in [0.2, 0.25) is 0 Å². The SMILES string of the molecule is CN(C)C(C(N(C)C)=[N+](C)C)=[N+](C)C.[N-]=[N+]=[N-].[N-]=[N+]=[N-]. The van der Waals surface area contributed by atoms with Gasteiger partial charge in [-0.25, -0.2) is 0 Å². The topological polar surface area (TPSA) is 130 Å². The Morgan fingerprint density at radius 3 is 0.850 bits per heavy atom. The zero-order chi connectivity index (χ0) is 16.9. The molecular weight excluding hydrogens is 260 g/mol. The van der Waals surface area contributed by atoms with Crippen molar-refractivity contribution in [1.82, 2.24) is 9.80 Å². The third kappa shape index (κ3) is 10.7. The van der Waals surface area contributed by atoms with E-state index in [0.29, 0.717) is 0 Å². The minimum Gasteiger partial charge on any atom is -0.373 e. The molecule has 10 nitrogen and oxygen atoms in total. The van der Waals surface area contributed by atoms with E-state index in [2.05, 4.69) is 75.3 Å². The molecule has 0 aromatic heterocycles. The number of rotatable bonds is 0. The number of amidine groups is 2. The Morgan fingerprint density at radius 1 is 0.650 bits per heavy atom.